The zero-order valence-corrected chi connectivity index (χ0v) is 17.4. The van der Waals surface area contributed by atoms with Gasteiger partial charge in [-0.25, -0.2) is 8.42 Å². The van der Waals surface area contributed by atoms with Crippen molar-refractivity contribution >= 4 is 33.3 Å². The van der Waals surface area contributed by atoms with Crippen LogP contribution in [0.3, 0.4) is 0 Å². The summed E-state index contributed by atoms with van der Waals surface area (Å²) in [4.78, 5) is 24.4. The third kappa shape index (κ3) is 4.81. The Hall–Kier alpha value is -3.50. The maximum atomic E-state index is 13.0. The lowest BCUT2D eigenvalue weighted by molar-refractivity contribution is -0.118. The fraction of sp³-hybridized carbons (Fsp3) is 0.190. The van der Waals surface area contributed by atoms with E-state index in [-0.39, 0.29) is 29.5 Å². The molecule has 9 nitrogen and oxygen atoms in total. The van der Waals surface area contributed by atoms with Crippen molar-refractivity contribution in [2.24, 2.45) is 0 Å². The molecule has 31 heavy (non-hydrogen) atoms. The SMILES string of the molecule is Cc1cc(NC(=O)[C@H](Cc2ccccc2)NS(=O)(=O)c2ccc3c(c2)CC(=O)N3)no1. The first-order valence-electron chi connectivity index (χ1n) is 9.53. The number of nitrogens with one attached hydrogen (secondary N) is 3. The molecule has 0 saturated heterocycles. The maximum Gasteiger partial charge on any atom is 0.244 e. The molecule has 3 aromatic rings. The van der Waals surface area contributed by atoms with E-state index < -0.39 is 22.0 Å². The molecule has 1 atom stereocenters. The number of nitrogens with zero attached hydrogens (tertiary/aromatic N) is 1. The summed E-state index contributed by atoms with van der Waals surface area (Å²) in [7, 11) is -4.04. The zero-order valence-electron chi connectivity index (χ0n) is 16.6. The van der Waals surface area contributed by atoms with Gasteiger partial charge >= 0.3 is 0 Å². The Morgan fingerprint density at radius 3 is 2.68 bits per heavy atom. The molecule has 4 rings (SSSR count). The number of aryl methyl sites for hydroxylation is 1. The lowest BCUT2D eigenvalue weighted by atomic mass is 10.1. The van der Waals surface area contributed by atoms with E-state index in [2.05, 4.69) is 20.5 Å². The number of benzene rings is 2. The maximum absolute atomic E-state index is 13.0. The molecule has 160 valence electrons. The van der Waals surface area contributed by atoms with E-state index in [9.17, 15) is 18.0 Å². The van der Waals surface area contributed by atoms with Crippen LogP contribution in [-0.2, 0) is 32.5 Å². The van der Waals surface area contributed by atoms with E-state index in [1.165, 1.54) is 18.2 Å². The summed E-state index contributed by atoms with van der Waals surface area (Å²) >= 11 is 0. The molecule has 0 radical (unpaired) electrons. The normalized spacial score (nSPS) is 14.0. The number of rotatable bonds is 7. The highest BCUT2D eigenvalue weighted by atomic mass is 32.2. The third-order valence-electron chi connectivity index (χ3n) is 4.79. The second-order valence-corrected chi connectivity index (χ2v) is 8.93. The molecule has 2 heterocycles. The summed E-state index contributed by atoms with van der Waals surface area (Å²) < 4.78 is 33.5. The van der Waals surface area contributed by atoms with Crippen LogP contribution in [0.4, 0.5) is 11.5 Å². The second-order valence-electron chi connectivity index (χ2n) is 7.22. The molecule has 3 N–H and O–H groups in total. The van der Waals surface area contributed by atoms with Crippen LogP contribution in [0.15, 0.2) is 64.0 Å². The summed E-state index contributed by atoms with van der Waals surface area (Å²) in [6.07, 6.45) is 0.242. The van der Waals surface area contributed by atoms with Gasteiger partial charge in [0.15, 0.2) is 5.82 Å². The van der Waals surface area contributed by atoms with E-state index >= 15 is 0 Å². The zero-order chi connectivity index (χ0) is 22.0. The van der Waals surface area contributed by atoms with Crippen molar-refractivity contribution in [3.05, 3.63) is 71.5 Å². The van der Waals surface area contributed by atoms with Crippen LogP contribution in [0, 0.1) is 6.92 Å². The Bertz CT molecular complexity index is 1240. The number of amides is 2. The van der Waals surface area contributed by atoms with Gasteiger partial charge in [-0.15, -0.1) is 0 Å². The topological polar surface area (TPSA) is 130 Å². The Kier molecular flexibility index (Phi) is 5.57. The Morgan fingerprint density at radius 1 is 1.19 bits per heavy atom. The van der Waals surface area contributed by atoms with E-state index in [1.807, 2.05) is 30.3 Å². The minimum atomic E-state index is -4.04. The number of carbonyl (C=O) groups excluding carboxylic acids is 2. The summed E-state index contributed by atoms with van der Waals surface area (Å²) in [6, 6.07) is 13.9. The van der Waals surface area contributed by atoms with Gasteiger partial charge in [-0.3, -0.25) is 9.59 Å². The summed E-state index contributed by atoms with van der Waals surface area (Å²) in [5.41, 5.74) is 1.96. The van der Waals surface area contributed by atoms with Gasteiger partial charge in [-0.05, 0) is 42.7 Å². The summed E-state index contributed by atoms with van der Waals surface area (Å²) in [5.74, 6) is -0.0564. The summed E-state index contributed by atoms with van der Waals surface area (Å²) in [5, 5.41) is 8.97. The quantitative estimate of drug-likeness (QED) is 0.515. The minimum Gasteiger partial charge on any atom is -0.360 e. The van der Waals surface area contributed by atoms with E-state index in [0.717, 1.165) is 5.56 Å². The average molecular weight is 440 g/mol. The highest BCUT2D eigenvalue weighted by Crippen LogP contribution is 2.26. The molecule has 0 saturated carbocycles. The number of anilines is 2. The molecule has 0 unspecified atom stereocenters. The monoisotopic (exact) mass is 440 g/mol. The molecule has 0 aliphatic carbocycles. The Morgan fingerprint density at radius 2 is 1.97 bits per heavy atom. The van der Waals surface area contributed by atoms with Crippen LogP contribution in [-0.4, -0.2) is 31.4 Å². The van der Waals surface area contributed by atoms with Gasteiger partial charge < -0.3 is 15.2 Å². The molecule has 2 amide bonds. The molecule has 0 fully saturated rings. The molecule has 2 aromatic carbocycles. The van der Waals surface area contributed by atoms with E-state index in [1.54, 1.807) is 13.0 Å². The van der Waals surface area contributed by atoms with Crippen LogP contribution in [0.1, 0.15) is 16.9 Å². The number of aromatic nitrogens is 1. The molecular weight excluding hydrogens is 420 g/mol. The highest BCUT2D eigenvalue weighted by Gasteiger charge is 2.28. The first-order valence-corrected chi connectivity index (χ1v) is 11.0. The smallest absolute Gasteiger partial charge is 0.244 e. The van der Waals surface area contributed by atoms with Crippen LogP contribution in [0.5, 0.6) is 0 Å². The molecule has 10 heteroatoms. The van der Waals surface area contributed by atoms with E-state index in [0.29, 0.717) is 17.0 Å². The molecule has 0 bridgehead atoms. The van der Waals surface area contributed by atoms with Crippen molar-refractivity contribution in [2.75, 3.05) is 10.6 Å². The number of sulfonamides is 1. The van der Waals surface area contributed by atoms with E-state index in [4.69, 9.17) is 4.52 Å². The van der Waals surface area contributed by atoms with Crippen molar-refractivity contribution in [1.29, 1.82) is 0 Å². The number of hydrogen-bond acceptors (Lipinski definition) is 6. The lowest BCUT2D eigenvalue weighted by Crippen LogP contribution is -2.45. The van der Waals surface area contributed by atoms with Crippen LogP contribution in [0.2, 0.25) is 0 Å². The molecule has 0 spiro atoms. The van der Waals surface area contributed by atoms with Crippen LogP contribution < -0.4 is 15.4 Å². The van der Waals surface area contributed by atoms with Gasteiger partial charge in [0.2, 0.25) is 21.8 Å². The third-order valence-corrected chi connectivity index (χ3v) is 6.26. The van der Waals surface area contributed by atoms with Gasteiger partial charge in [0.1, 0.15) is 11.8 Å². The van der Waals surface area contributed by atoms with Crippen molar-refractivity contribution in [3.63, 3.8) is 0 Å². The van der Waals surface area contributed by atoms with Crippen molar-refractivity contribution in [2.45, 2.75) is 30.7 Å². The second kappa shape index (κ2) is 8.32. The van der Waals surface area contributed by atoms with Gasteiger partial charge in [0.05, 0.1) is 11.3 Å². The first kappa shape index (κ1) is 20.8. The van der Waals surface area contributed by atoms with Gasteiger partial charge in [-0.1, -0.05) is 35.5 Å². The number of fused-ring (bicyclic) bond motifs is 1. The standard InChI is InChI=1S/C21H20N4O5S/c1-13-9-19(24-30-13)23-21(27)18(10-14-5-3-2-4-6-14)25-31(28,29)16-7-8-17-15(11-16)12-20(26)22-17/h2-9,11,18,25H,10,12H2,1H3,(H,22,26)(H,23,24,27)/t18-/m0/s1. The minimum absolute atomic E-state index is 0.0223. The van der Waals surface area contributed by atoms with Crippen molar-refractivity contribution in [3.8, 4) is 0 Å². The van der Waals surface area contributed by atoms with Gasteiger partial charge in [0, 0.05) is 11.8 Å². The van der Waals surface area contributed by atoms with Crippen molar-refractivity contribution in [1.82, 2.24) is 9.88 Å². The average Bonchev–Trinajstić information content (AvgIpc) is 3.31. The van der Waals surface area contributed by atoms with Gasteiger partial charge in [-0.2, -0.15) is 4.72 Å². The lowest BCUT2D eigenvalue weighted by Gasteiger charge is -2.18. The molecule has 1 aliphatic rings. The predicted octanol–water partition coefficient (Wildman–Crippen LogP) is 2.01. The van der Waals surface area contributed by atoms with Crippen molar-refractivity contribution < 1.29 is 22.5 Å². The highest BCUT2D eigenvalue weighted by molar-refractivity contribution is 7.89. The predicted molar refractivity (Wildman–Crippen MR) is 113 cm³/mol. The Balaban J connectivity index is 1.59. The van der Waals surface area contributed by atoms with Crippen LogP contribution in [0.25, 0.3) is 0 Å². The molecule has 1 aromatic heterocycles. The number of hydrogen-bond donors (Lipinski definition) is 3. The van der Waals surface area contributed by atoms with Gasteiger partial charge in [0.25, 0.3) is 0 Å². The Labute approximate surface area is 178 Å². The fourth-order valence-electron chi connectivity index (χ4n) is 3.30. The number of carbonyl (C=O) groups is 2. The molecule has 1 aliphatic heterocycles. The molecular formula is C21H20N4O5S. The fourth-order valence-corrected chi connectivity index (χ4v) is 4.55. The van der Waals surface area contributed by atoms with Crippen LogP contribution >= 0.6 is 0 Å². The largest absolute Gasteiger partial charge is 0.360 e. The first-order chi connectivity index (χ1) is 14.8. The summed E-state index contributed by atoms with van der Waals surface area (Å²) in [6.45, 7) is 1.68.